The van der Waals surface area contributed by atoms with E-state index in [2.05, 4.69) is 5.16 Å². The van der Waals surface area contributed by atoms with Crippen LogP contribution in [0.15, 0.2) is 23.4 Å². The Morgan fingerprint density at radius 1 is 1.37 bits per heavy atom. The highest BCUT2D eigenvalue weighted by Gasteiger charge is 2.46. The molecule has 3 rings (SSSR count). The van der Waals surface area contributed by atoms with Crippen molar-refractivity contribution in [1.82, 2.24) is 0 Å². The number of fused-ring (bicyclic) bond motifs is 1. The Kier molecular flexibility index (Phi) is 2.78. The van der Waals surface area contributed by atoms with Crippen LogP contribution in [0, 0.1) is 12.8 Å². The smallest absolute Gasteiger partial charge is 0.154 e. The fourth-order valence-electron chi connectivity index (χ4n) is 2.67. The van der Waals surface area contributed by atoms with Crippen LogP contribution in [0.2, 0.25) is 0 Å². The summed E-state index contributed by atoms with van der Waals surface area (Å²) in [6.07, 6.45) is -0.317. The second kappa shape index (κ2) is 4.23. The maximum atomic E-state index is 11.6. The quantitative estimate of drug-likeness (QED) is 0.815. The highest BCUT2D eigenvalue weighted by molar-refractivity contribution is 7.91. The molecule has 0 N–H and O–H groups in total. The first-order valence-electron chi connectivity index (χ1n) is 6.09. The van der Waals surface area contributed by atoms with Crippen molar-refractivity contribution in [2.75, 3.05) is 18.6 Å². The van der Waals surface area contributed by atoms with Crippen molar-refractivity contribution in [3.63, 3.8) is 0 Å². The zero-order valence-corrected chi connectivity index (χ0v) is 11.6. The average Bonchev–Trinajstić information content (AvgIpc) is 2.83. The second-order valence-electron chi connectivity index (χ2n) is 4.99. The largest absolute Gasteiger partial charge is 0.496 e. The molecule has 2 atom stereocenters. The standard InChI is InChI=1S/C13H15NO4S/c1-8-5-9(3-4-11(8)17-2)13-10-6-19(15,16)7-12(10)18-14-13/h3-5,10,12H,6-7H2,1-2H3. The van der Waals surface area contributed by atoms with E-state index < -0.39 is 9.84 Å². The Labute approximate surface area is 112 Å². The summed E-state index contributed by atoms with van der Waals surface area (Å²) in [4.78, 5) is 5.25. The van der Waals surface area contributed by atoms with Crippen LogP contribution in [-0.4, -0.2) is 38.8 Å². The van der Waals surface area contributed by atoms with E-state index in [0.29, 0.717) is 0 Å². The summed E-state index contributed by atoms with van der Waals surface area (Å²) in [5, 5.41) is 4.06. The Bertz CT molecular complexity index is 651. The number of sulfone groups is 1. The first-order chi connectivity index (χ1) is 9.00. The number of rotatable bonds is 2. The number of hydrogen-bond acceptors (Lipinski definition) is 5. The lowest BCUT2D eigenvalue weighted by molar-refractivity contribution is 0.0882. The van der Waals surface area contributed by atoms with E-state index in [1.807, 2.05) is 25.1 Å². The minimum absolute atomic E-state index is 0.0692. The molecule has 102 valence electrons. The minimum atomic E-state index is -3.00. The molecule has 6 heteroatoms. The van der Waals surface area contributed by atoms with E-state index >= 15 is 0 Å². The molecule has 0 amide bonds. The third kappa shape index (κ3) is 2.10. The minimum Gasteiger partial charge on any atom is -0.496 e. The van der Waals surface area contributed by atoms with Gasteiger partial charge in [-0.1, -0.05) is 5.16 Å². The van der Waals surface area contributed by atoms with Crippen molar-refractivity contribution >= 4 is 15.5 Å². The molecule has 5 nitrogen and oxygen atoms in total. The van der Waals surface area contributed by atoms with Gasteiger partial charge in [0.25, 0.3) is 0 Å². The van der Waals surface area contributed by atoms with Crippen LogP contribution in [0.5, 0.6) is 5.75 Å². The number of nitrogens with zero attached hydrogens (tertiary/aromatic N) is 1. The molecule has 0 saturated carbocycles. The van der Waals surface area contributed by atoms with Gasteiger partial charge in [0.2, 0.25) is 0 Å². The van der Waals surface area contributed by atoms with Crippen molar-refractivity contribution in [3.8, 4) is 5.75 Å². The lowest BCUT2D eigenvalue weighted by atomic mass is 9.94. The number of hydrogen-bond donors (Lipinski definition) is 0. The summed E-state index contributed by atoms with van der Waals surface area (Å²) >= 11 is 0. The molecule has 1 aromatic rings. The molecule has 2 aliphatic heterocycles. The maximum absolute atomic E-state index is 11.6. The highest BCUT2D eigenvalue weighted by atomic mass is 32.2. The van der Waals surface area contributed by atoms with Crippen LogP contribution < -0.4 is 4.74 Å². The van der Waals surface area contributed by atoms with Gasteiger partial charge in [-0.15, -0.1) is 0 Å². The molecule has 0 spiro atoms. The summed E-state index contributed by atoms with van der Waals surface area (Å²) < 4.78 is 28.5. The molecular formula is C13H15NO4S. The molecule has 1 aromatic carbocycles. The summed E-state index contributed by atoms with van der Waals surface area (Å²) in [7, 11) is -1.38. The number of methoxy groups -OCH3 is 1. The molecule has 0 aliphatic carbocycles. The van der Waals surface area contributed by atoms with Crippen molar-refractivity contribution < 1.29 is 18.0 Å². The van der Waals surface area contributed by atoms with Gasteiger partial charge >= 0.3 is 0 Å². The zero-order valence-electron chi connectivity index (χ0n) is 10.8. The summed E-state index contributed by atoms with van der Waals surface area (Å²) in [5.41, 5.74) is 2.63. The van der Waals surface area contributed by atoms with Crippen LogP contribution in [0.3, 0.4) is 0 Å². The third-order valence-corrected chi connectivity index (χ3v) is 5.33. The first-order valence-corrected chi connectivity index (χ1v) is 7.91. The predicted molar refractivity (Wildman–Crippen MR) is 71.3 cm³/mol. The first kappa shape index (κ1) is 12.5. The Morgan fingerprint density at radius 2 is 2.16 bits per heavy atom. The maximum Gasteiger partial charge on any atom is 0.154 e. The zero-order chi connectivity index (χ0) is 13.6. The molecular weight excluding hydrogens is 266 g/mol. The number of aryl methyl sites for hydroxylation is 1. The summed E-state index contributed by atoms with van der Waals surface area (Å²) in [5.74, 6) is 0.859. The van der Waals surface area contributed by atoms with Gasteiger partial charge in [0.05, 0.1) is 30.2 Å². The average molecular weight is 281 g/mol. The number of oxime groups is 1. The van der Waals surface area contributed by atoms with E-state index in [1.165, 1.54) is 0 Å². The summed E-state index contributed by atoms with van der Waals surface area (Å²) in [6, 6.07) is 5.71. The van der Waals surface area contributed by atoms with Crippen LogP contribution in [0.4, 0.5) is 0 Å². The third-order valence-electron chi connectivity index (χ3n) is 3.63. The molecule has 0 bridgehead atoms. The normalized spacial score (nSPS) is 27.6. The Hall–Kier alpha value is -1.56. The van der Waals surface area contributed by atoms with E-state index in [-0.39, 0.29) is 23.5 Å². The van der Waals surface area contributed by atoms with Crippen molar-refractivity contribution in [1.29, 1.82) is 0 Å². The Balaban J connectivity index is 1.94. The van der Waals surface area contributed by atoms with Gasteiger partial charge in [0.1, 0.15) is 5.75 Å². The molecule has 2 aliphatic rings. The van der Waals surface area contributed by atoms with Crippen LogP contribution in [-0.2, 0) is 14.7 Å². The summed E-state index contributed by atoms with van der Waals surface area (Å²) in [6.45, 7) is 1.95. The molecule has 2 unspecified atom stereocenters. The van der Waals surface area contributed by atoms with Gasteiger partial charge in [0.15, 0.2) is 15.9 Å². The van der Waals surface area contributed by atoms with Gasteiger partial charge in [-0.2, -0.15) is 0 Å². The van der Waals surface area contributed by atoms with Crippen molar-refractivity contribution in [2.45, 2.75) is 13.0 Å². The monoisotopic (exact) mass is 281 g/mol. The number of benzene rings is 1. The van der Waals surface area contributed by atoms with Crippen molar-refractivity contribution in [3.05, 3.63) is 29.3 Å². The second-order valence-corrected chi connectivity index (χ2v) is 7.14. The van der Waals surface area contributed by atoms with Gasteiger partial charge in [0, 0.05) is 5.56 Å². The van der Waals surface area contributed by atoms with Gasteiger partial charge in [-0.3, -0.25) is 0 Å². The fraction of sp³-hybridized carbons (Fsp3) is 0.462. The van der Waals surface area contributed by atoms with E-state index in [9.17, 15) is 8.42 Å². The molecule has 1 fully saturated rings. The van der Waals surface area contributed by atoms with Crippen LogP contribution in [0.1, 0.15) is 11.1 Å². The fourth-order valence-corrected chi connectivity index (χ4v) is 4.52. The lowest BCUT2D eigenvalue weighted by Gasteiger charge is -2.10. The topological polar surface area (TPSA) is 65.0 Å². The molecule has 2 heterocycles. The molecule has 0 aromatic heterocycles. The van der Waals surface area contributed by atoms with E-state index in [4.69, 9.17) is 9.57 Å². The SMILES string of the molecule is COc1ccc(C2=NOC3CS(=O)(=O)CC23)cc1C. The number of ether oxygens (including phenoxy) is 1. The van der Waals surface area contributed by atoms with E-state index in [1.54, 1.807) is 7.11 Å². The van der Waals surface area contributed by atoms with Gasteiger partial charge < -0.3 is 9.57 Å². The molecule has 1 saturated heterocycles. The van der Waals surface area contributed by atoms with Crippen LogP contribution >= 0.6 is 0 Å². The van der Waals surface area contributed by atoms with Crippen LogP contribution in [0.25, 0.3) is 0 Å². The van der Waals surface area contributed by atoms with Gasteiger partial charge in [-0.05, 0) is 30.7 Å². The van der Waals surface area contributed by atoms with Crippen molar-refractivity contribution in [2.24, 2.45) is 11.1 Å². The van der Waals surface area contributed by atoms with E-state index in [0.717, 1.165) is 22.6 Å². The predicted octanol–water partition coefficient (Wildman–Crippen LogP) is 1.15. The molecule has 19 heavy (non-hydrogen) atoms. The lowest BCUT2D eigenvalue weighted by Crippen LogP contribution is -2.21. The Morgan fingerprint density at radius 3 is 2.84 bits per heavy atom. The highest BCUT2D eigenvalue weighted by Crippen LogP contribution is 2.32. The van der Waals surface area contributed by atoms with Gasteiger partial charge in [-0.25, -0.2) is 8.42 Å². The molecule has 0 radical (unpaired) electrons.